The van der Waals surface area contributed by atoms with E-state index in [1.807, 2.05) is 42.5 Å². The maximum absolute atomic E-state index is 5.11. The first-order valence-corrected chi connectivity index (χ1v) is 13.1. The molecule has 0 bridgehead atoms. The van der Waals surface area contributed by atoms with Crippen LogP contribution in [0.3, 0.4) is 0 Å². The summed E-state index contributed by atoms with van der Waals surface area (Å²) in [5, 5.41) is 4.61. The number of benzene rings is 5. The van der Waals surface area contributed by atoms with Crippen molar-refractivity contribution in [2.24, 2.45) is 0 Å². The van der Waals surface area contributed by atoms with Gasteiger partial charge in [-0.25, -0.2) is 15.0 Å². The molecular formula is C35H22N4. The Morgan fingerprint density at radius 2 is 1.13 bits per heavy atom. The number of fused-ring (bicyclic) bond motifs is 5. The summed E-state index contributed by atoms with van der Waals surface area (Å²) >= 11 is 0. The lowest BCUT2D eigenvalue weighted by molar-refractivity contribution is 1.17. The zero-order valence-electron chi connectivity index (χ0n) is 21.0. The predicted molar refractivity (Wildman–Crippen MR) is 160 cm³/mol. The summed E-state index contributed by atoms with van der Waals surface area (Å²) in [5.41, 5.74) is 7.99. The Hall–Kier alpha value is -5.35. The van der Waals surface area contributed by atoms with Crippen molar-refractivity contribution in [2.75, 3.05) is 0 Å². The van der Waals surface area contributed by atoms with Crippen molar-refractivity contribution >= 4 is 43.6 Å². The van der Waals surface area contributed by atoms with Crippen LogP contribution in [0.1, 0.15) is 0 Å². The van der Waals surface area contributed by atoms with Crippen LogP contribution in [0.15, 0.2) is 133 Å². The summed E-state index contributed by atoms with van der Waals surface area (Å²) < 4.78 is 2.34. The van der Waals surface area contributed by atoms with Gasteiger partial charge in [-0.2, -0.15) is 0 Å². The maximum atomic E-state index is 5.11. The largest absolute Gasteiger partial charge is 0.309 e. The van der Waals surface area contributed by atoms with Crippen molar-refractivity contribution in [1.82, 2.24) is 19.5 Å². The molecule has 39 heavy (non-hydrogen) atoms. The van der Waals surface area contributed by atoms with E-state index in [1.54, 1.807) is 0 Å². The van der Waals surface area contributed by atoms with Gasteiger partial charge in [-0.05, 0) is 42.5 Å². The highest BCUT2D eigenvalue weighted by atomic mass is 15.0. The van der Waals surface area contributed by atoms with Crippen molar-refractivity contribution in [1.29, 1.82) is 0 Å². The summed E-state index contributed by atoms with van der Waals surface area (Å²) in [5.74, 6) is 0.622. The Balaban J connectivity index is 1.35. The summed E-state index contributed by atoms with van der Waals surface area (Å²) in [4.78, 5) is 14.9. The van der Waals surface area contributed by atoms with Crippen LogP contribution in [-0.2, 0) is 0 Å². The van der Waals surface area contributed by atoms with E-state index in [-0.39, 0.29) is 0 Å². The standard InChI is InChI=1S/C35H22N4/c1-5-16-29-23(10-1)20-21-31(36-29)35-37-30-17-6-2-15-28(30)34(38-35)24-11-9-12-25(22-24)39-32-18-7-3-13-26(32)27-14-4-8-19-33(27)39/h1-22H. The SMILES string of the molecule is c1cc(-c2nc(-c3ccc4ccccc4n3)nc3ccccc23)cc(-n2c3ccccc3c3ccccc32)c1. The third kappa shape index (κ3) is 3.50. The molecule has 4 heteroatoms. The van der Waals surface area contributed by atoms with Gasteiger partial charge in [0.1, 0.15) is 5.69 Å². The van der Waals surface area contributed by atoms with Gasteiger partial charge in [0.25, 0.3) is 0 Å². The topological polar surface area (TPSA) is 43.6 Å². The van der Waals surface area contributed by atoms with E-state index in [1.165, 1.54) is 21.8 Å². The number of nitrogens with zero attached hydrogens (tertiary/aromatic N) is 4. The molecule has 8 rings (SSSR count). The van der Waals surface area contributed by atoms with Crippen molar-refractivity contribution in [3.8, 4) is 28.5 Å². The van der Waals surface area contributed by atoms with E-state index in [9.17, 15) is 0 Å². The molecule has 3 heterocycles. The number of para-hydroxylation sites is 4. The van der Waals surface area contributed by atoms with Crippen LogP contribution in [0.25, 0.3) is 72.1 Å². The summed E-state index contributed by atoms with van der Waals surface area (Å²) in [6, 6.07) is 46.2. The molecule has 0 aliphatic heterocycles. The molecule has 0 saturated heterocycles. The monoisotopic (exact) mass is 498 g/mol. The van der Waals surface area contributed by atoms with E-state index in [0.29, 0.717) is 5.82 Å². The van der Waals surface area contributed by atoms with Gasteiger partial charge < -0.3 is 4.57 Å². The second-order valence-corrected chi connectivity index (χ2v) is 9.72. The van der Waals surface area contributed by atoms with E-state index < -0.39 is 0 Å². The smallest absolute Gasteiger partial charge is 0.179 e. The summed E-state index contributed by atoms with van der Waals surface area (Å²) in [6.45, 7) is 0. The van der Waals surface area contributed by atoms with Gasteiger partial charge >= 0.3 is 0 Å². The fourth-order valence-corrected chi connectivity index (χ4v) is 5.59. The quantitative estimate of drug-likeness (QED) is 0.245. The lowest BCUT2D eigenvalue weighted by atomic mass is 10.0. The van der Waals surface area contributed by atoms with Crippen LogP contribution in [0, 0.1) is 0 Å². The maximum Gasteiger partial charge on any atom is 0.179 e. The molecule has 8 aromatic rings. The highest BCUT2D eigenvalue weighted by Gasteiger charge is 2.15. The highest BCUT2D eigenvalue weighted by Crippen LogP contribution is 2.34. The molecule has 182 valence electrons. The van der Waals surface area contributed by atoms with Crippen LogP contribution in [0.2, 0.25) is 0 Å². The average Bonchev–Trinajstić information content (AvgIpc) is 3.35. The molecule has 0 radical (unpaired) electrons. The Kier molecular flexibility index (Phi) is 4.79. The molecule has 0 unspecified atom stereocenters. The van der Waals surface area contributed by atoms with Crippen molar-refractivity contribution in [3.63, 3.8) is 0 Å². The van der Waals surface area contributed by atoms with Crippen molar-refractivity contribution < 1.29 is 0 Å². The van der Waals surface area contributed by atoms with Gasteiger partial charge in [0, 0.05) is 32.8 Å². The molecule has 5 aromatic carbocycles. The minimum atomic E-state index is 0.622. The van der Waals surface area contributed by atoms with Gasteiger partial charge in [0.2, 0.25) is 0 Å². The molecule has 0 atom stereocenters. The minimum Gasteiger partial charge on any atom is -0.309 e. The predicted octanol–water partition coefficient (Wildman–Crippen LogP) is 8.61. The molecule has 0 saturated carbocycles. The molecule has 0 aliphatic rings. The Morgan fingerprint density at radius 3 is 1.92 bits per heavy atom. The van der Waals surface area contributed by atoms with Crippen LogP contribution in [0.5, 0.6) is 0 Å². The minimum absolute atomic E-state index is 0.622. The first kappa shape index (κ1) is 21.7. The molecular weight excluding hydrogens is 476 g/mol. The van der Waals surface area contributed by atoms with Crippen LogP contribution < -0.4 is 0 Å². The lowest BCUT2D eigenvalue weighted by Gasteiger charge is -2.12. The zero-order chi connectivity index (χ0) is 25.8. The molecule has 0 spiro atoms. The Bertz CT molecular complexity index is 2140. The van der Waals surface area contributed by atoms with E-state index in [4.69, 9.17) is 15.0 Å². The van der Waals surface area contributed by atoms with Crippen LogP contribution in [0.4, 0.5) is 0 Å². The fourth-order valence-electron chi connectivity index (χ4n) is 5.59. The normalized spacial score (nSPS) is 11.6. The summed E-state index contributed by atoms with van der Waals surface area (Å²) in [6.07, 6.45) is 0. The zero-order valence-corrected chi connectivity index (χ0v) is 21.0. The van der Waals surface area contributed by atoms with Gasteiger partial charge in [-0.1, -0.05) is 91.0 Å². The van der Waals surface area contributed by atoms with Gasteiger partial charge in [0.15, 0.2) is 5.82 Å². The van der Waals surface area contributed by atoms with Crippen LogP contribution in [-0.4, -0.2) is 19.5 Å². The van der Waals surface area contributed by atoms with Crippen molar-refractivity contribution in [2.45, 2.75) is 0 Å². The van der Waals surface area contributed by atoms with E-state index in [2.05, 4.69) is 95.6 Å². The third-order valence-electron chi connectivity index (χ3n) is 7.39. The Labute approximate surface area is 224 Å². The van der Waals surface area contributed by atoms with E-state index >= 15 is 0 Å². The number of hydrogen-bond donors (Lipinski definition) is 0. The first-order chi connectivity index (χ1) is 19.3. The molecule has 0 aliphatic carbocycles. The summed E-state index contributed by atoms with van der Waals surface area (Å²) in [7, 11) is 0. The van der Waals surface area contributed by atoms with E-state index in [0.717, 1.165) is 44.4 Å². The van der Waals surface area contributed by atoms with Gasteiger partial charge in [0.05, 0.1) is 27.8 Å². The molecule has 0 N–H and O–H groups in total. The second kappa shape index (κ2) is 8.61. The Morgan fingerprint density at radius 1 is 0.462 bits per heavy atom. The number of hydrogen-bond acceptors (Lipinski definition) is 3. The van der Waals surface area contributed by atoms with Crippen molar-refractivity contribution in [3.05, 3.63) is 133 Å². The number of aromatic nitrogens is 4. The second-order valence-electron chi connectivity index (χ2n) is 9.72. The number of pyridine rings is 1. The highest BCUT2D eigenvalue weighted by molar-refractivity contribution is 6.09. The molecule has 0 fully saturated rings. The molecule has 3 aromatic heterocycles. The average molecular weight is 499 g/mol. The number of rotatable bonds is 3. The fraction of sp³-hybridized carbons (Fsp3) is 0. The first-order valence-electron chi connectivity index (χ1n) is 13.1. The van der Waals surface area contributed by atoms with Gasteiger partial charge in [-0.3, -0.25) is 0 Å². The third-order valence-corrected chi connectivity index (χ3v) is 7.39. The molecule has 4 nitrogen and oxygen atoms in total. The van der Waals surface area contributed by atoms with Gasteiger partial charge in [-0.15, -0.1) is 0 Å². The lowest BCUT2D eigenvalue weighted by Crippen LogP contribution is -1.98. The van der Waals surface area contributed by atoms with Crippen LogP contribution >= 0.6 is 0 Å². The molecule has 0 amide bonds.